The first kappa shape index (κ1) is 20.6. The normalized spacial score (nSPS) is 11.3. The maximum absolute atomic E-state index is 14.4. The predicted octanol–water partition coefficient (Wildman–Crippen LogP) is 4.46. The van der Waals surface area contributed by atoms with Crippen LogP contribution in [0.2, 0.25) is 0 Å². The molecule has 0 N–H and O–H groups in total. The zero-order chi connectivity index (χ0) is 23.1. The molecule has 0 saturated carbocycles. The topological polar surface area (TPSA) is 82.8 Å². The number of hydrogen-bond donors (Lipinski definition) is 0. The highest BCUT2D eigenvalue weighted by atomic mass is 19.1. The van der Waals surface area contributed by atoms with E-state index in [1.807, 2.05) is 37.3 Å². The monoisotopic (exact) mass is 445 g/mol. The maximum Gasteiger partial charge on any atom is 0.343 e. The highest BCUT2D eigenvalue weighted by Gasteiger charge is 2.20. The number of ether oxygens (including phenoxy) is 1. The molecule has 0 amide bonds. The van der Waals surface area contributed by atoms with Crippen LogP contribution in [-0.2, 0) is 11.3 Å². The van der Waals surface area contributed by atoms with E-state index in [1.54, 1.807) is 16.8 Å². The Balaban J connectivity index is 1.52. The van der Waals surface area contributed by atoms with Crippen molar-refractivity contribution in [2.45, 2.75) is 13.5 Å². The lowest BCUT2D eigenvalue weighted by Crippen LogP contribution is -2.08. The fraction of sp³-hybridized carbons (Fsp3) is 0.125. The van der Waals surface area contributed by atoms with Crippen molar-refractivity contribution < 1.29 is 18.3 Å². The van der Waals surface area contributed by atoms with E-state index >= 15 is 0 Å². The summed E-state index contributed by atoms with van der Waals surface area (Å²) in [5, 5.41) is 9.33. The van der Waals surface area contributed by atoms with Crippen molar-refractivity contribution in [3.63, 3.8) is 0 Å². The van der Waals surface area contributed by atoms with Gasteiger partial charge in [-0.1, -0.05) is 17.3 Å². The molecule has 3 heterocycles. The number of benzene rings is 2. The molecule has 0 unspecified atom stereocenters. The Kier molecular flexibility index (Phi) is 5.01. The van der Waals surface area contributed by atoms with Crippen LogP contribution in [0.25, 0.3) is 33.3 Å². The highest BCUT2D eigenvalue weighted by Crippen LogP contribution is 2.25. The minimum atomic E-state index is -1.08. The average Bonchev–Trinajstić information content (AvgIpc) is 3.20. The van der Waals surface area contributed by atoms with Gasteiger partial charge in [0.25, 0.3) is 0 Å². The molecule has 7 nitrogen and oxygen atoms in total. The van der Waals surface area contributed by atoms with Gasteiger partial charge in [-0.25, -0.2) is 23.2 Å². The molecule has 0 aliphatic rings. The molecule has 0 atom stereocenters. The lowest BCUT2D eigenvalue weighted by molar-refractivity contribution is 0.0590. The number of fused-ring (bicyclic) bond motifs is 2. The summed E-state index contributed by atoms with van der Waals surface area (Å²) in [5.74, 6) is -3.13. The Morgan fingerprint density at radius 2 is 1.73 bits per heavy atom. The number of pyridine rings is 2. The molecule has 5 rings (SSSR count). The van der Waals surface area contributed by atoms with Crippen LogP contribution in [0.5, 0.6) is 0 Å². The second-order valence-corrected chi connectivity index (χ2v) is 7.57. The molecule has 3 aromatic heterocycles. The molecule has 0 saturated heterocycles. The van der Waals surface area contributed by atoms with E-state index in [0.717, 1.165) is 41.4 Å². The summed E-state index contributed by atoms with van der Waals surface area (Å²) >= 11 is 0. The van der Waals surface area contributed by atoms with E-state index in [2.05, 4.69) is 25.0 Å². The van der Waals surface area contributed by atoms with Crippen LogP contribution >= 0.6 is 0 Å². The number of halogens is 2. The van der Waals surface area contributed by atoms with E-state index in [9.17, 15) is 13.6 Å². The summed E-state index contributed by atoms with van der Waals surface area (Å²) in [5.41, 5.74) is 3.60. The summed E-state index contributed by atoms with van der Waals surface area (Å²) in [6.07, 6.45) is 0. The number of carbonyl (C=O) groups is 1. The SMILES string of the molecule is COC(=O)c1c(F)cc(-c2ccc3nnn(Cc4ccc5nc(C)ccc5c4)c3n2)cc1F. The van der Waals surface area contributed by atoms with Gasteiger partial charge in [-0.2, -0.15) is 0 Å². The van der Waals surface area contributed by atoms with Crippen molar-refractivity contribution in [2.24, 2.45) is 0 Å². The van der Waals surface area contributed by atoms with Crippen LogP contribution in [0.4, 0.5) is 8.78 Å². The van der Waals surface area contributed by atoms with Crippen molar-refractivity contribution in [3.05, 3.63) is 83.1 Å². The third kappa shape index (κ3) is 3.78. The van der Waals surface area contributed by atoms with Crippen LogP contribution in [0.1, 0.15) is 21.6 Å². The summed E-state index contributed by atoms with van der Waals surface area (Å²) in [6, 6.07) is 15.3. The van der Waals surface area contributed by atoms with Gasteiger partial charge in [0.1, 0.15) is 22.7 Å². The number of aromatic nitrogens is 5. The van der Waals surface area contributed by atoms with Crippen molar-refractivity contribution in [1.29, 1.82) is 0 Å². The minimum absolute atomic E-state index is 0.180. The van der Waals surface area contributed by atoms with Gasteiger partial charge in [0.2, 0.25) is 0 Å². The predicted molar refractivity (Wildman–Crippen MR) is 118 cm³/mol. The maximum atomic E-state index is 14.4. The van der Waals surface area contributed by atoms with Crippen molar-refractivity contribution in [2.75, 3.05) is 7.11 Å². The molecular formula is C24H17F2N5O2. The first-order chi connectivity index (χ1) is 15.9. The Morgan fingerprint density at radius 1 is 0.970 bits per heavy atom. The largest absolute Gasteiger partial charge is 0.465 e. The molecule has 5 aromatic rings. The highest BCUT2D eigenvalue weighted by molar-refractivity contribution is 5.90. The average molecular weight is 445 g/mol. The Hall–Kier alpha value is -4.27. The van der Waals surface area contributed by atoms with Gasteiger partial charge in [0.15, 0.2) is 5.65 Å². The third-order valence-electron chi connectivity index (χ3n) is 5.31. The first-order valence-electron chi connectivity index (χ1n) is 10.1. The van der Waals surface area contributed by atoms with E-state index in [1.165, 1.54) is 0 Å². The van der Waals surface area contributed by atoms with E-state index in [4.69, 9.17) is 0 Å². The molecule has 2 aromatic carbocycles. The van der Waals surface area contributed by atoms with E-state index < -0.39 is 23.2 Å². The molecule has 0 spiro atoms. The molecule has 0 radical (unpaired) electrons. The number of aryl methyl sites for hydroxylation is 1. The Morgan fingerprint density at radius 3 is 2.48 bits per heavy atom. The minimum Gasteiger partial charge on any atom is -0.465 e. The van der Waals surface area contributed by atoms with Crippen LogP contribution in [0.3, 0.4) is 0 Å². The molecule has 0 bridgehead atoms. The van der Waals surface area contributed by atoms with Gasteiger partial charge in [0.05, 0.1) is 24.9 Å². The number of methoxy groups -OCH3 is 1. The van der Waals surface area contributed by atoms with Gasteiger partial charge < -0.3 is 4.74 Å². The molecule has 0 aliphatic heterocycles. The van der Waals surface area contributed by atoms with Crippen molar-refractivity contribution in [1.82, 2.24) is 25.0 Å². The van der Waals surface area contributed by atoms with Gasteiger partial charge in [-0.05, 0) is 55.0 Å². The molecule has 0 aliphatic carbocycles. The summed E-state index contributed by atoms with van der Waals surface area (Å²) in [4.78, 5) is 20.7. The lowest BCUT2D eigenvalue weighted by atomic mass is 10.1. The quantitative estimate of drug-likeness (QED) is 0.380. The summed E-state index contributed by atoms with van der Waals surface area (Å²) in [7, 11) is 1.06. The summed E-state index contributed by atoms with van der Waals surface area (Å²) < 4.78 is 34.9. The van der Waals surface area contributed by atoms with Gasteiger partial charge in [0, 0.05) is 16.6 Å². The number of hydrogen-bond acceptors (Lipinski definition) is 6. The zero-order valence-corrected chi connectivity index (χ0v) is 17.7. The van der Waals surface area contributed by atoms with Gasteiger partial charge >= 0.3 is 5.97 Å². The second kappa shape index (κ2) is 8.01. The van der Waals surface area contributed by atoms with Gasteiger partial charge in [-0.15, -0.1) is 5.10 Å². The van der Waals surface area contributed by atoms with Crippen LogP contribution in [-0.4, -0.2) is 38.0 Å². The number of nitrogens with zero attached hydrogens (tertiary/aromatic N) is 5. The molecule has 0 fully saturated rings. The second-order valence-electron chi connectivity index (χ2n) is 7.57. The fourth-order valence-corrected chi connectivity index (χ4v) is 3.69. The molecule has 164 valence electrons. The van der Waals surface area contributed by atoms with E-state index in [-0.39, 0.29) is 5.56 Å². The Labute approximate surface area is 186 Å². The molecular weight excluding hydrogens is 428 g/mol. The molecule has 33 heavy (non-hydrogen) atoms. The number of carbonyl (C=O) groups excluding carboxylic acids is 1. The van der Waals surface area contributed by atoms with Gasteiger partial charge in [-0.3, -0.25) is 4.98 Å². The first-order valence-corrected chi connectivity index (χ1v) is 10.1. The lowest BCUT2D eigenvalue weighted by Gasteiger charge is -2.08. The standard InChI is InChI=1S/C24H17F2N5O2/c1-13-3-5-15-9-14(4-6-19(15)27-13)12-31-23-21(29-30-31)8-7-20(28-23)16-10-17(25)22(18(26)11-16)24(32)33-2/h3-11H,12H2,1-2H3. The van der Waals surface area contributed by atoms with Crippen molar-refractivity contribution in [3.8, 4) is 11.3 Å². The molecule has 9 heteroatoms. The van der Waals surface area contributed by atoms with Crippen LogP contribution in [0.15, 0.2) is 54.6 Å². The fourth-order valence-electron chi connectivity index (χ4n) is 3.69. The summed E-state index contributed by atoms with van der Waals surface area (Å²) in [6.45, 7) is 2.35. The zero-order valence-electron chi connectivity index (χ0n) is 17.7. The Bertz CT molecular complexity index is 1520. The number of rotatable bonds is 4. The van der Waals surface area contributed by atoms with Crippen LogP contribution in [0, 0.1) is 18.6 Å². The smallest absolute Gasteiger partial charge is 0.343 e. The third-order valence-corrected chi connectivity index (χ3v) is 5.31. The van der Waals surface area contributed by atoms with Crippen molar-refractivity contribution >= 4 is 28.0 Å². The van der Waals surface area contributed by atoms with Crippen LogP contribution < -0.4 is 0 Å². The van der Waals surface area contributed by atoms with E-state index in [0.29, 0.717) is 23.4 Å². The number of esters is 1.